The van der Waals surface area contributed by atoms with Crippen LogP contribution in [0.3, 0.4) is 0 Å². The molecule has 0 bridgehead atoms. The fraction of sp³-hybridized carbons (Fsp3) is 0.538. The van der Waals surface area contributed by atoms with Gasteiger partial charge in [-0.05, 0) is 35.4 Å². The first-order valence-electron chi connectivity index (χ1n) is 12.1. The standard InChI is InChI=1S/C26H32O11/c1-32-17-5-3-12(7-16(17)28)24-14-10-35-25(15(14)11-34-24)13-4-6-18(33-2)19(8-13)36-26-23(31)22(30)21(29)20(9-27)37-26/h3-8,14-15,20-31H,9-11H2,1-2H3/t14-,15-,20+,21+,22-,23+,24-,25+,26+/m0/s1. The van der Waals surface area contributed by atoms with E-state index in [2.05, 4.69) is 0 Å². The van der Waals surface area contributed by atoms with E-state index in [4.69, 9.17) is 28.4 Å². The lowest BCUT2D eigenvalue weighted by atomic mass is 9.85. The lowest BCUT2D eigenvalue weighted by molar-refractivity contribution is -0.277. The zero-order chi connectivity index (χ0) is 26.3. The number of benzene rings is 2. The summed E-state index contributed by atoms with van der Waals surface area (Å²) in [6.45, 7) is 0.359. The lowest BCUT2D eigenvalue weighted by Gasteiger charge is -2.39. The van der Waals surface area contributed by atoms with Crippen molar-refractivity contribution in [1.29, 1.82) is 0 Å². The number of methoxy groups -OCH3 is 2. The summed E-state index contributed by atoms with van der Waals surface area (Å²) in [6.07, 6.45) is -7.59. The maximum atomic E-state index is 10.4. The van der Waals surface area contributed by atoms with E-state index < -0.39 is 37.3 Å². The fourth-order valence-corrected chi connectivity index (χ4v) is 5.37. The van der Waals surface area contributed by atoms with Crippen LogP contribution in [0, 0.1) is 11.8 Å². The molecular formula is C26H32O11. The van der Waals surface area contributed by atoms with E-state index in [9.17, 15) is 25.5 Å². The monoisotopic (exact) mass is 520 g/mol. The van der Waals surface area contributed by atoms with Crippen molar-refractivity contribution in [2.45, 2.75) is 42.9 Å². The molecule has 11 nitrogen and oxygen atoms in total. The number of phenols is 1. The van der Waals surface area contributed by atoms with E-state index >= 15 is 0 Å². The van der Waals surface area contributed by atoms with Crippen molar-refractivity contribution in [3.05, 3.63) is 47.5 Å². The highest BCUT2D eigenvalue weighted by Crippen LogP contribution is 2.51. The van der Waals surface area contributed by atoms with Crippen LogP contribution in [0.25, 0.3) is 0 Å². The van der Waals surface area contributed by atoms with E-state index in [0.717, 1.165) is 11.1 Å². The number of aromatic hydroxyl groups is 1. The Balaban J connectivity index is 1.35. The van der Waals surface area contributed by atoms with Crippen molar-refractivity contribution < 1.29 is 54.0 Å². The lowest BCUT2D eigenvalue weighted by Crippen LogP contribution is -2.60. The molecule has 5 N–H and O–H groups in total. The second-order valence-corrected chi connectivity index (χ2v) is 9.49. The Labute approximate surface area is 213 Å². The Morgan fingerprint density at radius 1 is 0.784 bits per heavy atom. The Morgan fingerprint density at radius 2 is 1.38 bits per heavy atom. The number of rotatable bonds is 7. The maximum Gasteiger partial charge on any atom is 0.229 e. The molecule has 0 unspecified atom stereocenters. The molecule has 0 aliphatic carbocycles. The highest BCUT2D eigenvalue weighted by Gasteiger charge is 2.49. The molecule has 0 radical (unpaired) electrons. The maximum absolute atomic E-state index is 10.4. The SMILES string of the molecule is COc1ccc([C@@H]2OC[C@H]3[C@@H]2CO[C@@H]3c2ccc(OC)c(O[C@@H]3O[C@H](CO)[C@@H](O)[C@H](O)[C@H]3O)c2)cc1O. The summed E-state index contributed by atoms with van der Waals surface area (Å²) in [5.41, 5.74) is 1.64. The Kier molecular flexibility index (Phi) is 7.46. The molecule has 2 aromatic carbocycles. The molecule has 202 valence electrons. The van der Waals surface area contributed by atoms with Gasteiger partial charge in [0, 0.05) is 11.8 Å². The molecule has 9 atom stereocenters. The van der Waals surface area contributed by atoms with Crippen LogP contribution in [-0.4, -0.2) is 90.3 Å². The van der Waals surface area contributed by atoms with Crippen molar-refractivity contribution in [3.63, 3.8) is 0 Å². The third-order valence-electron chi connectivity index (χ3n) is 7.40. The molecular weight excluding hydrogens is 488 g/mol. The Bertz CT molecular complexity index is 1090. The van der Waals surface area contributed by atoms with Gasteiger partial charge in [0.2, 0.25) is 6.29 Å². The summed E-state index contributed by atoms with van der Waals surface area (Å²) >= 11 is 0. The normalized spacial score (nSPS) is 35.2. The predicted molar refractivity (Wildman–Crippen MR) is 126 cm³/mol. The van der Waals surface area contributed by atoms with Crippen LogP contribution in [-0.2, 0) is 14.2 Å². The second kappa shape index (κ2) is 10.6. The van der Waals surface area contributed by atoms with Crippen LogP contribution in [0.1, 0.15) is 23.3 Å². The smallest absolute Gasteiger partial charge is 0.229 e. The number of phenolic OH excluding ortho intramolecular Hbond substituents is 1. The van der Waals surface area contributed by atoms with Gasteiger partial charge in [0.15, 0.2) is 23.0 Å². The van der Waals surface area contributed by atoms with Crippen molar-refractivity contribution >= 4 is 0 Å². The van der Waals surface area contributed by atoms with Gasteiger partial charge in [-0.1, -0.05) is 12.1 Å². The number of ether oxygens (including phenoxy) is 6. The van der Waals surface area contributed by atoms with Crippen molar-refractivity contribution in [2.24, 2.45) is 11.8 Å². The highest BCUT2D eigenvalue weighted by atomic mass is 16.7. The largest absolute Gasteiger partial charge is 0.504 e. The first-order valence-corrected chi connectivity index (χ1v) is 12.1. The summed E-state index contributed by atoms with van der Waals surface area (Å²) in [7, 11) is 2.97. The zero-order valence-corrected chi connectivity index (χ0v) is 20.5. The van der Waals surface area contributed by atoms with Gasteiger partial charge >= 0.3 is 0 Å². The minimum absolute atomic E-state index is 0.0442. The molecule has 3 saturated heterocycles. The molecule has 3 fully saturated rings. The molecule has 0 spiro atoms. The summed E-state index contributed by atoms with van der Waals surface area (Å²) in [5.74, 6) is 1.16. The molecule has 2 aromatic rings. The van der Waals surface area contributed by atoms with Crippen LogP contribution in [0.4, 0.5) is 0 Å². The van der Waals surface area contributed by atoms with Crippen LogP contribution in [0.15, 0.2) is 36.4 Å². The van der Waals surface area contributed by atoms with Gasteiger partial charge in [0.05, 0.1) is 46.2 Å². The third kappa shape index (κ3) is 4.72. The number of fused-ring (bicyclic) bond motifs is 1. The Morgan fingerprint density at radius 3 is 1.95 bits per heavy atom. The molecule has 37 heavy (non-hydrogen) atoms. The molecule has 0 aromatic heterocycles. The summed E-state index contributed by atoms with van der Waals surface area (Å²) in [4.78, 5) is 0. The Hall–Kier alpha value is -2.64. The van der Waals surface area contributed by atoms with Gasteiger partial charge < -0.3 is 54.0 Å². The van der Waals surface area contributed by atoms with Crippen molar-refractivity contribution in [2.75, 3.05) is 34.0 Å². The molecule has 0 amide bonds. The minimum atomic E-state index is -1.56. The second-order valence-electron chi connectivity index (χ2n) is 9.49. The molecule has 3 aliphatic heterocycles. The summed E-state index contributed by atoms with van der Waals surface area (Å²) in [6, 6.07) is 10.5. The molecule has 3 heterocycles. The van der Waals surface area contributed by atoms with Gasteiger partial charge in [-0.15, -0.1) is 0 Å². The van der Waals surface area contributed by atoms with Crippen LogP contribution in [0.2, 0.25) is 0 Å². The topological polar surface area (TPSA) is 157 Å². The zero-order valence-electron chi connectivity index (χ0n) is 20.5. The number of aliphatic hydroxyl groups excluding tert-OH is 4. The van der Waals surface area contributed by atoms with Gasteiger partial charge in [-0.3, -0.25) is 0 Å². The van der Waals surface area contributed by atoms with Crippen LogP contribution < -0.4 is 14.2 Å². The van der Waals surface area contributed by atoms with Crippen LogP contribution >= 0.6 is 0 Å². The van der Waals surface area contributed by atoms with Crippen molar-refractivity contribution in [3.8, 4) is 23.0 Å². The van der Waals surface area contributed by atoms with Gasteiger partial charge in [-0.25, -0.2) is 0 Å². The number of aliphatic hydroxyl groups is 4. The minimum Gasteiger partial charge on any atom is -0.504 e. The average molecular weight is 521 g/mol. The number of hydrogen-bond acceptors (Lipinski definition) is 11. The quantitative estimate of drug-likeness (QED) is 0.349. The highest BCUT2D eigenvalue weighted by molar-refractivity contribution is 5.45. The summed E-state index contributed by atoms with van der Waals surface area (Å²) in [5, 5.41) is 50.2. The molecule has 3 aliphatic rings. The third-order valence-corrected chi connectivity index (χ3v) is 7.40. The molecule has 11 heteroatoms. The summed E-state index contributed by atoms with van der Waals surface area (Å²) < 4.78 is 34.2. The average Bonchev–Trinajstić information content (AvgIpc) is 3.51. The van der Waals surface area contributed by atoms with E-state index in [1.807, 2.05) is 12.1 Å². The molecule has 0 saturated carbocycles. The van der Waals surface area contributed by atoms with Gasteiger partial charge in [0.1, 0.15) is 24.4 Å². The van der Waals surface area contributed by atoms with E-state index in [-0.39, 0.29) is 35.5 Å². The molecule has 5 rings (SSSR count). The van der Waals surface area contributed by atoms with E-state index in [0.29, 0.717) is 24.7 Å². The number of hydrogen-bond donors (Lipinski definition) is 5. The van der Waals surface area contributed by atoms with Gasteiger partial charge in [-0.2, -0.15) is 0 Å². The van der Waals surface area contributed by atoms with E-state index in [1.54, 1.807) is 24.3 Å². The van der Waals surface area contributed by atoms with E-state index in [1.165, 1.54) is 14.2 Å². The fourth-order valence-electron chi connectivity index (χ4n) is 5.37. The van der Waals surface area contributed by atoms with Crippen molar-refractivity contribution in [1.82, 2.24) is 0 Å². The van der Waals surface area contributed by atoms with Crippen LogP contribution in [0.5, 0.6) is 23.0 Å². The first-order chi connectivity index (χ1) is 17.9. The predicted octanol–water partition coefficient (Wildman–Crippen LogP) is 0.663. The first kappa shape index (κ1) is 26.0. The van der Waals surface area contributed by atoms with Gasteiger partial charge in [0.25, 0.3) is 0 Å².